The Morgan fingerprint density at radius 1 is 1.43 bits per heavy atom. The lowest BCUT2D eigenvalue weighted by Gasteiger charge is -2.07. The Bertz CT molecular complexity index is 736. The number of carboxylic acid groups (broad SMARTS) is 1. The van der Waals surface area contributed by atoms with Gasteiger partial charge in [0.2, 0.25) is 0 Å². The molecule has 110 valence electrons. The predicted molar refractivity (Wildman–Crippen MR) is 73.6 cm³/mol. The lowest BCUT2D eigenvalue weighted by atomic mass is 10.1. The van der Waals surface area contributed by atoms with Crippen LogP contribution in [0.2, 0.25) is 0 Å². The summed E-state index contributed by atoms with van der Waals surface area (Å²) in [5.74, 6) is -0.480. The monoisotopic (exact) mass is 290 g/mol. The van der Waals surface area contributed by atoms with Gasteiger partial charge in [0.15, 0.2) is 5.82 Å². The Labute approximate surface area is 120 Å². The third-order valence-corrected chi connectivity index (χ3v) is 3.22. The molecule has 0 amide bonds. The van der Waals surface area contributed by atoms with Crippen LogP contribution in [0.5, 0.6) is 0 Å². The molecule has 0 radical (unpaired) electrons. The largest absolute Gasteiger partial charge is 0.481 e. The van der Waals surface area contributed by atoms with Crippen LogP contribution in [0.15, 0.2) is 12.3 Å². The summed E-state index contributed by atoms with van der Waals surface area (Å²) >= 11 is 0. The second-order valence-corrected chi connectivity index (χ2v) is 4.72. The highest BCUT2D eigenvalue weighted by molar-refractivity contribution is 5.71. The molecule has 0 aliphatic heterocycles. The molecule has 2 rings (SSSR count). The zero-order valence-electron chi connectivity index (χ0n) is 11.8. The van der Waals surface area contributed by atoms with Gasteiger partial charge in [-0.15, -0.1) is 0 Å². The molecule has 0 aliphatic rings. The fourth-order valence-electron chi connectivity index (χ4n) is 2.16. The zero-order valence-corrected chi connectivity index (χ0v) is 11.8. The van der Waals surface area contributed by atoms with Gasteiger partial charge in [0.05, 0.1) is 17.0 Å². The van der Waals surface area contributed by atoms with Crippen molar-refractivity contribution in [2.45, 2.75) is 27.2 Å². The molecular formula is C13H14N4O4. The average molecular weight is 290 g/mol. The summed E-state index contributed by atoms with van der Waals surface area (Å²) < 4.78 is 1.52. The third kappa shape index (κ3) is 2.73. The van der Waals surface area contributed by atoms with Crippen LogP contribution in [0, 0.1) is 30.9 Å². The van der Waals surface area contributed by atoms with Crippen molar-refractivity contribution in [2.24, 2.45) is 0 Å². The van der Waals surface area contributed by atoms with Crippen molar-refractivity contribution >= 4 is 11.7 Å². The summed E-state index contributed by atoms with van der Waals surface area (Å²) in [6.07, 6.45) is 1.04. The third-order valence-electron chi connectivity index (χ3n) is 3.22. The van der Waals surface area contributed by atoms with E-state index < -0.39 is 10.9 Å². The number of carboxylic acids is 1. The van der Waals surface area contributed by atoms with E-state index >= 15 is 0 Å². The minimum absolute atomic E-state index is 0.0939. The van der Waals surface area contributed by atoms with Crippen molar-refractivity contribution in [1.82, 2.24) is 14.8 Å². The van der Waals surface area contributed by atoms with Crippen molar-refractivity contribution in [3.63, 3.8) is 0 Å². The van der Waals surface area contributed by atoms with Crippen LogP contribution in [0.3, 0.4) is 0 Å². The molecule has 0 saturated carbocycles. The maximum atomic E-state index is 10.9. The molecule has 8 heteroatoms. The fourth-order valence-corrected chi connectivity index (χ4v) is 2.16. The average Bonchev–Trinajstić information content (AvgIpc) is 2.66. The molecule has 2 aromatic heterocycles. The quantitative estimate of drug-likeness (QED) is 0.678. The van der Waals surface area contributed by atoms with Crippen molar-refractivity contribution in [2.75, 3.05) is 0 Å². The Hall–Kier alpha value is -2.77. The smallest absolute Gasteiger partial charge is 0.307 e. The van der Waals surface area contributed by atoms with Gasteiger partial charge in [0, 0.05) is 22.9 Å². The maximum Gasteiger partial charge on any atom is 0.307 e. The second-order valence-electron chi connectivity index (χ2n) is 4.72. The lowest BCUT2D eigenvalue weighted by molar-refractivity contribution is -0.385. The molecule has 0 aliphatic carbocycles. The summed E-state index contributed by atoms with van der Waals surface area (Å²) in [7, 11) is 0. The fraction of sp³-hybridized carbons (Fsp3) is 0.308. The van der Waals surface area contributed by atoms with Crippen LogP contribution in [-0.2, 0) is 11.2 Å². The SMILES string of the molecule is Cc1cc([N+](=O)[O-])cnc1-n1nc(C)c(CC(=O)O)c1C. The summed E-state index contributed by atoms with van der Waals surface area (Å²) in [5, 5.41) is 23.9. The highest BCUT2D eigenvalue weighted by atomic mass is 16.6. The van der Waals surface area contributed by atoms with E-state index in [1.165, 1.54) is 10.7 Å². The Kier molecular flexibility index (Phi) is 3.70. The van der Waals surface area contributed by atoms with Crippen LogP contribution in [0.25, 0.3) is 5.82 Å². The summed E-state index contributed by atoms with van der Waals surface area (Å²) in [6.45, 7) is 5.17. The van der Waals surface area contributed by atoms with E-state index in [4.69, 9.17) is 5.11 Å². The van der Waals surface area contributed by atoms with Gasteiger partial charge < -0.3 is 5.11 Å². The van der Waals surface area contributed by atoms with Crippen molar-refractivity contribution in [3.05, 3.63) is 44.9 Å². The number of nitro groups is 1. The van der Waals surface area contributed by atoms with Crippen molar-refractivity contribution < 1.29 is 14.8 Å². The number of aromatic nitrogens is 3. The summed E-state index contributed by atoms with van der Waals surface area (Å²) in [6, 6.07) is 1.41. The number of rotatable bonds is 4. The van der Waals surface area contributed by atoms with Crippen LogP contribution in [0.1, 0.15) is 22.5 Å². The van der Waals surface area contributed by atoms with Crippen LogP contribution < -0.4 is 0 Å². The molecule has 0 atom stereocenters. The number of hydrogen-bond donors (Lipinski definition) is 1. The standard InChI is InChI=1S/C13H14N4O4/c1-7-4-10(17(20)21)6-14-13(7)16-9(3)11(5-12(18)19)8(2)15-16/h4,6H,5H2,1-3H3,(H,18,19). The Balaban J connectivity index is 2.53. The van der Waals surface area contributed by atoms with Gasteiger partial charge in [-0.3, -0.25) is 14.9 Å². The molecule has 2 aromatic rings. The first-order valence-electron chi connectivity index (χ1n) is 6.19. The normalized spacial score (nSPS) is 10.6. The summed E-state index contributed by atoms with van der Waals surface area (Å²) in [5.41, 5.74) is 2.40. The molecule has 0 aromatic carbocycles. The molecule has 0 saturated heterocycles. The molecule has 0 unspecified atom stereocenters. The van der Waals surface area contributed by atoms with E-state index in [2.05, 4.69) is 10.1 Å². The van der Waals surface area contributed by atoms with E-state index in [9.17, 15) is 14.9 Å². The van der Waals surface area contributed by atoms with Gasteiger partial charge in [-0.2, -0.15) is 5.10 Å². The second kappa shape index (κ2) is 5.31. The van der Waals surface area contributed by atoms with E-state index in [0.717, 1.165) is 6.20 Å². The molecule has 0 spiro atoms. The topological polar surface area (TPSA) is 111 Å². The van der Waals surface area contributed by atoms with Gasteiger partial charge >= 0.3 is 5.97 Å². The van der Waals surface area contributed by atoms with E-state index in [1.807, 2.05) is 0 Å². The molecule has 21 heavy (non-hydrogen) atoms. The predicted octanol–water partition coefficient (Wildman–Crippen LogP) is 1.73. The first kappa shape index (κ1) is 14.6. The molecule has 1 N–H and O–H groups in total. The number of aryl methyl sites for hydroxylation is 2. The molecule has 8 nitrogen and oxygen atoms in total. The molecule has 0 fully saturated rings. The van der Waals surface area contributed by atoms with E-state index in [-0.39, 0.29) is 12.1 Å². The van der Waals surface area contributed by atoms with Gasteiger partial charge in [-0.25, -0.2) is 9.67 Å². The zero-order chi connectivity index (χ0) is 15.7. The number of carbonyl (C=O) groups is 1. The van der Waals surface area contributed by atoms with E-state index in [1.54, 1.807) is 20.8 Å². The minimum atomic E-state index is -0.936. The summed E-state index contributed by atoms with van der Waals surface area (Å²) in [4.78, 5) is 25.2. The molecule has 0 bridgehead atoms. The van der Waals surface area contributed by atoms with Crippen LogP contribution in [-0.4, -0.2) is 30.8 Å². The van der Waals surface area contributed by atoms with Gasteiger partial charge in [0.1, 0.15) is 6.20 Å². The van der Waals surface area contributed by atoms with Gasteiger partial charge in [0.25, 0.3) is 5.69 Å². The Morgan fingerprint density at radius 2 is 2.10 bits per heavy atom. The number of pyridine rings is 1. The first-order valence-corrected chi connectivity index (χ1v) is 6.19. The van der Waals surface area contributed by atoms with Crippen molar-refractivity contribution in [1.29, 1.82) is 0 Å². The van der Waals surface area contributed by atoms with Crippen LogP contribution >= 0.6 is 0 Å². The number of hydrogen-bond acceptors (Lipinski definition) is 5. The highest BCUT2D eigenvalue weighted by Crippen LogP contribution is 2.22. The lowest BCUT2D eigenvalue weighted by Crippen LogP contribution is -2.06. The van der Waals surface area contributed by atoms with Crippen LogP contribution in [0.4, 0.5) is 5.69 Å². The molecular weight excluding hydrogens is 276 g/mol. The van der Waals surface area contributed by atoms with E-state index in [0.29, 0.717) is 28.3 Å². The maximum absolute atomic E-state index is 10.9. The Morgan fingerprint density at radius 3 is 2.62 bits per heavy atom. The van der Waals surface area contributed by atoms with Crippen molar-refractivity contribution in [3.8, 4) is 5.82 Å². The molecule has 2 heterocycles. The number of aliphatic carboxylic acids is 1. The van der Waals surface area contributed by atoms with Gasteiger partial charge in [-0.05, 0) is 20.8 Å². The number of nitrogens with zero attached hydrogens (tertiary/aromatic N) is 4. The first-order chi connectivity index (χ1) is 9.81. The minimum Gasteiger partial charge on any atom is -0.481 e. The van der Waals surface area contributed by atoms with Gasteiger partial charge in [-0.1, -0.05) is 0 Å². The highest BCUT2D eigenvalue weighted by Gasteiger charge is 2.18.